The third kappa shape index (κ3) is 6.44. The van der Waals surface area contributed by atoms with Gasteiger partial charge in [0.1, 0.15) is 0 Å². The molecule has 59 heavy (non-hydrogen) atoms. The van der Waals surface area contributed by atoms with Crippen LogP contribution in [0.1, 0.15) is 37.4 Å². The summed E-state index contributed by atoms with van der Waals surface area (Å²) in [5, 5.41) is 6.61. The molecule has 0 saturated carbocycles. The number of nitrogens with zero attached hydrogens (tertiary/aromatic N) is 4. The Hall–Kier alpha value is -6.95. The quantitative estimate of drug-likeness (QED) is 0.114. The summed E-state index contributed by atoms with van der Waals surface area (Å²) in [4.78, 5) is 15.1. The van der Waals surface area contributed by atoms with E-state index >= 15 is 0 Å². The summed E-state index contributed by atoms with van der Waals surface area (Å²) in [5.41, 5.74) is 8.03. The van der Waals surface area contributed by atoms with Crippen LogP contribution in [-0.2, 0) is 0 Å². The van der Waals surface area contributed by atoms with Crippen LogP contribution in [0.2, 0.25) is 0 Å². The van der Waals surface area contributed by atoms with Crippen molar-refractivity contribution in [3.8, 4) is 39.9 Å². The molecule has 2 aromatic heterocycles. The van der Waals surface area contributed by atoms with Crippen molar-refractivity contribution in [2.45, 2.75) is 26.2 Å². The van der Waals surface area contributed by atoms with Crippen LogP contribution in [0.25, 0.3) is 56.8 Å². The molecule has 0 spiro atoms. The normalized spacial score (nSPS) is 15.2. The molecule has 0 radical (unpaired) electrons. The summed E-state index contributed by atoms with van der Waals surface area (Å²) < 4.78 is 2.52. The molecule has 0 aliphatic heterocycles. The molecule has 0 saturated heterocycles. The highest BCUT2D eigenvalue weighted by molar-refractivity contribution is 7.20. The van der Waals surface area contributed by atoms with Gasteiger partial charge in [0.05, 0.1) is 5.52 Å². The van der Waals surface area contributed by atoms with Crippen molar-refractivity contribution >= 4 is 45.8 Å². The van der Waals surface area contributed by atoms with Gasteiger partial charge in [0.25, 0.3) is 0 Å². The van der Waals surface area contributed by atoms with Crippen molar-refractivity contribution in [1.29, 1.82) is 0 Å². The topological polar surface area (TPSA) is 43.6 Å². The van der Waals surface area contributed by atoms with Crippen molar-refractivity contribution in [3.63, 3.8) is 0 Å². The molecule has 1 aliphatic carbocycles. The second-order valence-corrected chi connectivity index (χ2v) is 19.5. The van der Waals surface area contributed by atoms with Gasteiger partial charge in [0.15, 0.2) is 25.5 Å². The number of allylic oxidation sites excluding steroid dienone is 1. The first-order valence-electron chi connectivity index (χ1n) is 20.6. The Bertz CT molecular complexity index is 2810. The van der Waals surface area contributed by atoms with E-state index < -0.39 is 8.07 Å². The minimum absolute atomic E-state index is 0.383. The minimum Gasteiger partial charge on any atom is -0.313 e. The van der Waals surface area contributed by atoms with Crippen molar-refractivity contribution in [2.75, 3.05) is 0 Å². The number of hydrogen-bond donors (Lipinski definition) is 0. The van der Waals surface area contributed by atoms with Crippen molar-refractivity contribution in [3.05, 3.63) is 211 Å². The lowest BCUT2D eigenvalue weighted by Crippen LogP contribution is -2.74. The zero-order valence-corrected chi connectivity index (χ0v) is 34.3. The van der Waals surface area contributed by atoms with Crippen molar-refractivity contribution < 1.29 is 0 Å². The Labute approximate surface area is 347 Å². The van der Waals surface area contributed by atoms with Crippen LogP contribution in [0.15, 0.2) is 200 Å². The molecule has 1 aliphatic rings. The van der Waals surface area contributed by atoms with Crippen LogP contribution in [0.5, 0.6) is 0 Å². The van der Waals surface area contributed by atoms with E-state index in [-0.39, 0.29) is 0 Å². The van der Waals surface area contributed by atoms with Gasteiger partial charge in [-0.05, 0) is 51.3 Å². The average molecular weight is 777 g/mol. The van der Waals surface area contributed by atoms with Crippen LogP contribution < -0.4 is 20.7 Å². The zero-order chi connectivity index (χ0) is 39.8. The number of para-hydroxylation sites is 1. The maximum Gasteiger partial charge on any atom is 0.179 e. The first-order chi connectivity index (χ1) is 29.1. The van der Waals surface area contributed by atoms with E-state index in [0.29, 0.717) is 29.3 Å². The van der Waals surface area contributed by atoms with E-state index in [0.717, 1.165) is 23.1 Å². The standard InChI is InChI=1S/C54H44N4Si/c1-38-19-18-30-48-49-37-47(35-36-50(49)58(51(48)39(38)2)43-24-12-5-13-25-43)59(44-26-14-6-15-27-44,45-28-16-7-17-29-45)46-33-31-42(32-34-46)54-56-52(40-20-8-3-9-21-40)55-53(57-54)41-22-10-4-11-23-41/h3-18,20-39H,19H2,1-2H3. The summed E-state index contributed by atoms with van der Waals surface area (Å²) in [6.07, 6.45) is 5.84. The molecule has 10 rings (SSSR count). The minimum atomic E-state index is -2.91. The summed E-state index contributed by atoms with van der Waals surface area (Å²) in [5.74, 6) is 2.87. The lowest BCUT2D eigenvalue weighted by Gasteiger charge is -2.34. The lowest BCUT2D eigenvalue weighted by atomic mass is 9.90. The van der Waals surface area contributed by atoms with Crippen LogP contribution in [-0.4, -0.2) is 27.6 Å². The van der Waals surface area contributed by atoms with E-state index in [4.69, 9.17) is 15.0 Å². The summed E-state index contributed by atoms with van der Waals surface area (Å²) in [7, 11) is -2.91. The van der Waals surface area contributed by atoms with E-state index in [1.54, 1.807) is 0 Å². The molecule has 7 aromatic carbocycles. The van der Waals surface area contributed by atoms with Gasteiger partial charge in [-0.15, -0.1) is 0 Å². The molecule has 2 heterocycles. The van der Waals surface area contributed by atoms with Gasteiger partial charge >= 0.3 is 0 Å². The van der Waals surface area contributed by atoms with Crippen LogP contribution in [0.3, 0.4) is 0 Å². The SMILES string of the molecule is CC1CC=Cc2c(n(-c3ccccc3)c3ccc([Si](c4ccccc4)(c4ccccc4)c4ccc(-c5nc(-c6ccccc6)nc(-c6ccccc6)n5)cc4)cc23)C1C. The number of aromatic nitrogens is 4. The van der Waals surface area contributed by atoms with Crippen LogP contribution >= 0.6 is 0 Å². The van der Waals surface area contributed by atoms with Crippen LogP contribution in [0, 0.1) is 5.92 Å². The first-order valence-corrected chi connectivity index (χ1v) is 22.6. The zero-order valence-electron chi connectivity index (χ0n) is 33.3. The molecule has 2 unspecified atom stereocenters. The molecular weight excluding hydrogens is 733 g/mol. The number of hydrogen-bond acceptors (Lipinski definition) is 3. The molecule has 0 bridgehead atoms. The van der Waals surface area contributed by atoms with E-state index in [1.807, 2.05) is 36.4 Å². The highest BCUT2D eigenvalue weighted by atomic mass is 28.3. The summed E-state index contributed by atoms with van der Waals surface area (Å²) in [6.45, 7) is 4.79. The highest BCUT2D eigenvalue weighted by Crippen LogP contribution is 2.41. The van der Waals surface area contributed by atoms with Crippen molar-refractivity contribution in [2.24, 2.45) is 5.92 Å². The third-order valence-electron chi connectivity index (χ3n) is 12.3. The maximum atomic E-state index is 5.07. The molecule has 0 fully saturated rings. The molecule has 4 nitrogen and oxygen atoms in total. The number of rotatable bonds is 8. The Kier molecular flexibility index (Phi) is 9.51. The second-order valence-electron chi connectivity index (χ2n) is 15.7. The van der Waals surface area contributed by atoms with E-state index in [9.17, 15) is 0 Å². The molecule has 2 atom stereocenters. The molecule has 284 valence electrons. The van der Waals surface area contributed by atoms with Gasteiger partial charge in [-0.2, -0.15) is 0 Å². The van der Waals surface area contributed by atoms with E-state index in [1.165, 1.54) is 48.6 Å². The molecule has 9 aromatic rings. The van der Waals surface area contributed by atoms with Gasteiger partial charge in [-0.3, -0.25) is 0 Å². The van der Waals surface area contributed by atoms with E-state index in [2.05, 4.69) is 188 Å². The third-order valence-corrected chi connectivity index (χ3v) is 17.0. The molecular formula is C54H44N4Si. The molecule has 0 N–H and O–H groups in total. The summed E-state index contributed by atoms with van der Waals surface area (Å²) >= 11 is 0. The predicted octanol–water partition coefficient (Wildman–Crippen LogP) is 10.4. The van der Waals surface area contributed by atoms with Gasteiger partial charge in [-0.1, -0.05) is 202 Å². The Morgan fingerprint density at radius 3 is 1.44 bits per heavy atom. The largest absolute Gasteiger partial charge is 0.313 e. The van der Waals surface area contributed by atoms with Gasteiger partial charge in [0, 0.05) is 44.9 Å². The molecule has 0 amide bonds. The molecule has 5 heteroatoms. The predicted molar refractivity (Wildman–Crippen MR) is 248 cm³/mol. The van der Waals surface area contributed by atoms with Gasteiger partial charge < -0.3 is 4.57 Å². The fourth-order valence-corrected chi connectivity index (χ4v) is 13.9. The fraction of sp³-hybridized carbons (Fsp3) is 0.0926. The highest BCUT2D eigenvalue weighted by Gasteiger charge is 2.42. The van der Waals surface area contributed by atoms with Crippen molar-refractivity contribution in [1.82, 2.24) is 19.5 Å². The number of benzene rings is 7. The summed E-state index contributed by atoms with van der Waals surface area (Å²) in [6, 6.07) is 70.0. The average Bonchev–Trinajstić information content (AvgIpc) is 3.56. The first kappa shape index (κ1) is 36.4. The van der Waals surface area contributed by atoms with Gasteiger partial charge in [0.2, 0.25) is 0 Å². The Morgan fingerprint density at radius 2 is 0.915 bits per heavy atom. The second kappa shape index (κ2) is 15.4. The smallest absolute Gasteiger partial charge is 0.179 e. The lowest BCUT2D eigenvalue weighted by molar-refractivity contribution is 0.484. The Morgan fingerprint density at radius 1 is 0.475 bits per heavy atom. The maximum absolute atomic E-state index is 5.07. The monoisotopic (exact) mass is 776 g/mol. The Balaban J connectivity index is 1.20. The van der Waals surface area contributed by atoms with Gasteiger partial charge in [-0.25, -0.2) is 15.0 Å². The fourth-order valence-electron chi connectivity index (χ4n) is 9.10. The van der Waals surface area contributed by atoms with Crippen LogP contribution in [0.4, 0.5) is 0 Å². The number of fused-ring (bicyclic) bond motifs is 3.